The van der Waals surface area contributed by atoms with Crippen molar-refractivity contribution in [1.82, 2.24) is 14.5 Å². The van der Waals surface area contributed by atoms with E-state index >= 15 is 0 Å². The number of aryl methyl sites for hydroxylation is 3. The molecular formula is C13H16N4O2S. The summed E-state index contributed by atoms with van der Waals surface area (Å²) in [5.41, 5.74) is 1.40. The molecule has 2 heterocycles. The van der Waals surface area contributed by atoms with E-state index in [4.69, 9.17) is 0 Å². The third-order valence-electron chi connectivity index (χ3n) is 2.89. The van der Waals surface area contributed by atoms with Gasteiger partial charge in [-0.1, -0.05) is 6.92 Å². The van der Waals surface area contributed by atoms with E-state index in [-0.39, 0.29) is 18.0 Å². The lowest BCUT2D eigenvalue weighted by Crippen LogP contribution is -2.27. The van der Waals surface area contributed by atoms with Crippen molar-refractivity contribution in [2.75, 3.05) is 5.32 Å². The van der Waals surface area contributed by atoms with Crippen molar-refractivity contribution in [2.24, 2.45) is 0 Å². The molecule has 106 valence electrons. The van der Waals surface area contributed by atoms with Crippen LogP contribution < -0.4 is 10.9 Å². The van der Waals surface area contributed by atoms with Gasteiger partial charge in [0, 0.05) is 16.6 Å². The summed E-state index contributed by atoms with van der Waals surface area (Å²) >= 11 is 1.42. The first kappa shape index (κ1) is 14.4. The Labute approximate surface area is 120 Å². The van der Waals surface area contributed by atoms with E-state index < -0.39 is 0 Å². The lowest BCUT2D eigenvalue weighted by Gasteiger charge is -2.05. The van der Waals surface area contributed by atoms with Crippen molar-refractivity contribution >= 4 is 22.4 Å². The van der Waals surface area contributed by atoms with Gasteiger partial charge in [-0.25, -0.2) is 9.97 Å². The summed E-state index contributed by atoms with van der Waals surface area (Å²) in [7, 11) is 0. The molecule has 0 aliphatic heterocycles. The fourth-order valence-electron chi connectivity index (χ4n) is 1.62. The Hall–Kier alpha value is -2.02. The number of nitrogens with one attached hydrogen (secondary N) is 1. The van der Waals surface area contributed by atoms with E-state index in [1.54, 1.807) is 0 Å². The van der Waals surface area contributed by atoms with Gasteiger partial charge < -0.3 is 5.32 Å². The second-order valence-corrected chi connectivity index (χ2v) is 5.61. The quantitative estimate of drug-likeness (QED) is 0.927. The molecule has 0 saturated carbocycles. The van der Waals surface area contributed by atoms with Gasteiger partial charge >= 0.3 is 0 Å². The number of aromatic nitrogens is 3. The summed E-state index contributed by atoms with van der Waals surface area (Å²) in [5, 5.41) is 3.24. The zero-order chi connectivity index (χ0) is 14.7. The summed E-state index contributed by atoms with van der Waals surface area (Å²) in [6.07, 6.45) is 2.10. The predicted octanol–water partition coefficient (Wildman–Crippen LogP) is 1.52. The van der Waals surface area contributed by atoms with Crippen molar-refractivity contribution in [1.29, 1.82) is 0 Å². The van der Waals surface area contributed by atoms with Crippen molar-refractivity contribution in [3.05, 3.63) is 39.0 Å². The highest BCUT2D eigenvalue weighted by Gasteiger charge is 2.09. The monoisotopic (exact) mass is 292 g/mol. The number of hydrogen-bond acceptors (Lipinski definition) is 5. The second-order valence-electron chi connectivity index (χ2n) is 4.41. The molecule has 0 bridgehead atoms. The molecule has 0 radical (unpaired) electrons. The van der Waals surface area contributed by atoms with E-state index in [0.29, 0.717) is 11.6 Å². The second kappa shape index (κ2) is 5.96. The number of thiazole rings is 1. The van der Waals surface area contributed by atoms with Gasteiger partial charge in [0.25, 0.3) is 5.56 Å². The highest BCUT2D eigenvalue weighted by atomic mass is 32.1. The van der Waals surface area contributed by atoms with Gasteiger partial charge in [0.1, 0.15) is 6.54 Å². The van der Waals surface area contributed by atoms with Crippen LogP contribution in [0.25, 0.3) is 0 Å². The number of carbonyl (C=O) groups excluding carboxylic acids is 1. The predicted molar refractivity (Wildman–Crippen MR) is 78.1 cm³/mol. The largest absolute Gasteiger partial charge is 0.300 e. The molecule has 6 nitrogen and oxygen atoms in total. The third kappa shape index (κ3) is 3.30. The van der Waals surface area contributed by atoms with Crippen LogP contribution in [0.5, 0.6) is 0 Å². The van der Waals surface area contributed by atoms with Gasteiger partial charge in [0.15, 0.2) is 5.13 Å². The van der Waals surface area contributed by atoms with Gasteiger partial charge in [-0.2, -0.15) is 0 Å². The molecule has 0 fully saturated rings. The van der Waals surface area contributed by atoms with Crippen LogP contribution >= 0.6 is 11.3 Å². The molecule has 0 spiro atoms. The smallest absolute Gasteiger partial charge is 0.253 e. The number of nitrogens with zero attached hydrogens (tertiary/aromatic N) is 3. The highest BCUT2D eigenvalue weighted by Crippen LogP contribution is 2.20. The minimum absolute atomic E-state index is 0.0620. The zero-order valence-corrected chi connectivity index (χ0v) is 12.5. The van der Waals surface area contributed by atoms with Gasteiger partial charge in [-0.3, -0.25) is 14.2 Å². The van der Waals surface area contributed by atoms with Gasteiger partial charge in [0.2, 0.25) is 5.91 Å². The summed E-state index contributed by atoms with van der Waals surface area (Å²) in [6, 6.07) is 1.45. The highest BCUT2D eigenvalue weighted by molar-refractivity contribution is 7.15. The Balaban J connectivity index is 2.06. The molecule has 0 aromatic carbocycles. The average molecular weight is 292 g/mol. The first-order valence-electron chi connectivity index (χ1n) is 6.29. The molecule has 0 aliphatic rings. The Morgan fingerprint density at radius 1 is 1.45 bits per heavy atom. The molecule has 2 aromatic rings. The molecule has 0 aliphatic carbocycles. The fraction of sp³-hybridized carbons (Fsp3) is 0.385. The Bertz CT molecular complexity index is 670. The van der Waals surface area contributed by atoms with Crippen molar-refractivity contribution in [3.8, 4) is 0 Å². The molecule has 0 unspecified atom stereocenters. The molecule has 2 rings (SSSR count). The van der Waals surface area contributed by atoms with Gasteiger partial charge in [0.05, 0.1) is 12.0 Å². The van der Waals surface area contributed by atoms with E-state index in [2.05, 4.69) is 15.3 Å². The molecule has 1 amide bonds. The maximum atomic E-state index is 11.9. The fourth-order valence-corrected chi connectivity index (χ4v) is 2.45. The van der Waals surface area contributed by atoms with Gasteiger partial charge in [-0.05, 0) is 20.3 Å². The lowest BCUT2D eigenvalue weighted by molar-refractivity contribution is -0.116. The van der Waals surface area contributed by atoms with Crippen molar-refractivity contribution in [3.63, 3.8) is 0 Å². The molecule has 1 N–H and O–H groups in total. The molecule has 2 aromatic heterocycles. The SMILES string of the molecule is CCc1cc(=O)n(CC(=O)Nc2nc(C)c(C)s2)cn1. The van der Waals surface area contributed by atoms with Crippen LogP contribution in [0.2, 0.25) is 0 Å². The zero-order valence-electron chi connectivity index (χ0n) is 11.6. The number of amides is 1. The van der Waals surface area contributed by atoms with Crippen LogP contribution in [0.15, 0.2) is 17.2 Å². The van der Waals surface area contributed by atoms with E-state index in [1.165, 1.54) is 28.3 Å². The van der Waals surface area contributed by atoms with E-state index in [0.717, 1.165) is 16.3 Å². The summed E-state index contributed by atoms with van der Waals surface area (Å²) < 4.78 is 1.28. The maximum Gasteiger partial charge on any atom is 0.253 e. The van der Waals surface area contributed by atoms with Crippen LogP contribution in [-0.2, 0) is 17.8 Å². The summed E-state index contributed by atoms with van der Waals surface area (Å²) in [4.78, 5) is 33.0. The first-order chi connectivity index (χ1) is 9.49. The van der Waals surface area contributed by atoms with Crippen LogP contribution in [0.4, 0.5) is 5.13 Å². The number of anilines is 1. The first-order valence-corrected chi connectivity index (χ1v) is 7.10. The minimum Gasteiger partial charge on any atom is -0.300 e. The third-order valence-corrected chi connectivity index (χ3v) is 3.88. The Kier molecular flexibility index (Phi) is 4.29. The van der Waals surface area contributed by atoms with Crippen LogP contribution in [0.1, 0.15) is 23.2 Å². The van der Waals surface area contributed by atoms with E-state index in [9.17, 15) is 9.59 Å². The molecule has 0 saturated heterocycles. The maximum absolute atomic E-state index is 11.9. The molecule has 20 heavy (non-hydrogen) atoms. The summed E-state index contributed by atoms with van der Waals surface area (Å²) in [6.45, 7) is 5.69. The van der Waals surface area contributed by atoms with Crippen LogP contribution in [0.3, 0.4) is 0 Å². The van der Waals surface area contributed by atoms with Gasteiger partial charge in [-0.15, -0.1) is 11.3 Å². The van der Waals surface area contributed by atoms with Crippen molar-refractivity contribution < 1.29 is 4.79 Å². The Morgan fingerprint density at radius 2 is 2.20 bits per heavy atom. The molecular weight excluding hydrogens is 276 g/mol. The molecule has 0 atom stereocenters. The minimum atomic E-state index is -0.285. The van der Waals surface area contributed by atoms with Crippen molar-refractivity contribution in [2.45, 2.75) is 33.7 Å². The average Bonchev–Trinajstić information content (AvgIpc) is 2.70. The van der Waals surface area contributed by atoms with Crippen LogP contribution in [-0.4, -0.2) is 20.4 Å². The standard InChI is InChI=1S/C13H16N4O2S/c1-4-10-5-12(19)17(7-14-10)6-11(18)16-13-15-8(2)9(3)20-13/h5,7H,4,6H2,1-3H3,(H,15,16,18). The Morgan fingerprint density at radius 3 is 2.75 bits per heavy atom. The summed E-state index contributed by atoms with van der Waals surface area (Å²) in [5.74, 6) is -0.285. The topological polar surface area (TPSA) is 76.9 Å². The normalized spacial score (nSPS) is 10.6. The lowest BCUT2D eigenvalue weighted by atomic mass is 10.3. The van der Waals surface area contributed by atoms with Crippen LogP contribution in [0, 0.1) is 13.8 Å². The number of carbonyl (C=O) groups is 1. The number of rotatable bonds is 4. The molecule has 7 heteroatoms. The number of hydrogen-bond donors (Lipinski definition) is 1. The van der Waals surface area contributed by atoms with E-state index in [1.807, 2.05) is 20.8 Å².